The van der Waals surface area contributed by atoms with Crippen molar-refractivity contribution in [2.75, 3.05) is 5.32 Å². The molecule has 5 nitrogen and oxygen atoms in total. The SMILES string of the molecule is Cc1ccc(CNc2ccccc2-c2nc(C)no2)cn1. The number of nitrogens with zero attached hydrogens (tertiary/aromatic N) is 3. The Bertz CT molecular complexity index is 734. The van der Waals surface area contributed by atoms with Crippen molar-refractivity contribution in [1.29, 1.82) is 0 Å². The largest absolute Gasteiger partial charge is 0.380 e. The quantitative estimate of drug-likeness (QED) is 0.794. The van der Waals surface area contributed by atoms with Gasteiger partial charge in [-0.2, -0.15) is 4.98 Å². The predicted octanol–water partition coefficient (Wildman–Crippen LogP) is 3.36. The van der Waals surface area contributed by atoms with Crippen molar-refractivity contribution >= 4 is 5.69 Å². The summed E-state index contributed by atoms with van der Waals surface area (Å²) in [5.41, 5.74) is 4.00. The lowest BCUT2D eigenvalue weighted by Gasteiger charge is -2.09. The van der Waals surface area contributed by atoms with E-state index < -0.39 is 0 Å². The molecule has 0 unspecified atom stereocenters. The molecule has 0 saturated carbocycles. The third kappa shape index (κ3) is 3.08. The molecule has 1 aromatic carbocycles. The highest BCUT2D eigenvalue weighted by Gasteiger charge is 2.10. The zero-order chi connectivity index (χ0) is 14.7. The summed E-state index contributed by atoms with van der Waals surface area (Å²) < 4.78 is 5.25. The van der Waals surface area contributed by atoms with E-state index in [2.05, 4.69) is 26.5 Å². The van der Waals surface area contributed by atoms with Gasteiger partial charge in [0, 0.05) is 24.1 Å². The summed E-state index contributed by atoms with van der Waals surface area (Å²) in [6.07, 6.45) is 1.88. The fourth-order valence-electron chi connectivity index (χ4n) is 2.03. The second kappa shape index (κ2) is 5.75. The minimum Gasteiger partial charge on any atom is -0.380 e. The van der Waals surface area contributed by atoms with Gasteiger partial charge >= 0.3 is 0 Å². The van der Waals surface area contributed by atoms with E-state index in [9.17, 15) is 0 Å². The summed E-state index contributed by atoms with van der Waals surface area (Å²) in [5.74, 6) is 1.15. The van der Waals surface area contributed by atoms with Crippen LogP contribution in [0.2, 0.25) is 0 Å². The maximum absolute atomic E-state index is 5.25. The van der Waals surface area contributed by atoms with E-state index in [0.29, 0.717) is 18.3 Å². The van der Waals surface area contributed by atoms with Crippen molar-refractivity contribution < 1.29 is 4.52 Å². The summed E-state index contributed by atoms with van der Waals surface area (Å²) in [4.78, 5) is 8.57. The maximum Gasteiger partial charge on any atom is 0.260 e. The normalized spacial score (nSPS) is 10.6. The Morgan fingerprint density at radius 1 is 1.10 bits per heavy atom. The molecular formula is C16H16N4O. The summed E-state index contributed by atoms with van der Waals surface area (Å²) in [5, 5.41) is 7.23. The molecule has 0 radical (unpaired) electrons. The first-order valence-electron chi connectivity index (χ1n) is 6.77. The molecule has 5 heteroatoms. The molecule has 2 aromatic heterocycles. The van der Waals surface area contributed by atoms with Crippen LogP contribution in [0.25, 0.3) is 11.5 Å². The number of pyridine rings is 1. The Morgan fingerprint density at radius 2 is 1.95 bits per heavy atom. The van der Waals surface area contributed by atoms with Gasteiger partial charge in [-0.25, -0.2) is 0 Å². The average molecular weight is 280 g/mol. The van der Waals surface area contributed by atoms with Gasteiger partial charge in [-0.1, -0.05) is 23.4 Å². The number of nitrogens with one attached hydrogen (secondary N) is 1. The van der Waals surface area contributed by atoms with Crippen molar-refractivity contribution in [1.82, 2.24) is 15.1 Å². The van der Waals surface area contributed by atoms with E-state index in [1.807, 2.05) is 43.5 Å². The smallest absolute Gasteiger partial charge is 0.260 e. The highest BCUT2D eigenvalue weighted by molar-refractivity contribution is 5.72. The Kier molecular flexibility index (Phi) is 3.64. The molecule has 0 atom stereocenters. The monoisotopic (exact) mass is 280 g/mol. The standard InChI is InChI=1S/C16H16N4O/c1-11-7-8-13(9-17-11)10-18-15-6-4-3-5-14(15)16-19-12(2)20-21-16/h3-9,18H,10H2,1-2H3. The Balaban J connectivity index is 1.81. The zero-order valence-electron chi connectivity index (χ0n) is 12.0. The molecule has 0 aliphatic carbocycles. The topological polar surface area (TPSA) is 63.8 Å². The van der Waals surface area contributed by atoms with E-state index in [0.717, 1.165) is 22.5 Å². The van der Waals surface area contributed by atoms with Gasteiger partial charge in [-0.15, -0.1) is 0 Å². The third-order valence-corrected chi connectivity index (χ3v) is 3.14. The van der Waals surface area contributed by atoms with Crippen LogP contribution < -0.4 is 5.32 Å². The number of benzene rings is 1. The Labute approximate surface area is 123 Å². The van der Waals surface area contributed by atoms with Crippen molar-refractivity contribution in [3.05, 3.63) is 59.7 Å². The van der Waals surface area contributed by atoms with E-state index >= 15 is 0 Å². The van der Waals surface area contributed by atoms with Gasteiger partial charge in [0.25, 0.3) is 5.89 Å². The highest BCUT2D eigenvalue weighted by atomic mass is 16.5. The number of hydrogen-bond acceptors (Lipinski definition) is 5. The van der Waals surface area contributed by atoms with Crippen molar-refractivity contribution in [3.8, 4) is 11.5 Å². The summed E-state index contributed by atoms with van der Waals surface area (Å²) in [6, 6.07) is 12.0. The molecule has 3 rings (SSSR count). The highest BCUT2D eigenvalue weighted by Crippen LogP contribution is 2.26. The van der Waals surface area contributed by atoms with Crippen LogP contribution in [0.15, 0.2) is 47.1 Å². The molecule has 106 valence electrons. The minimum atomic E-state index is 0.526. The molecule has 1 N–H and O–H groups in total. The number of aromatic nitrogens is 3. The lowest BCUT2D eigenvalue weighted by atomic mass is 10.1. The summed E-state index contributed by atoms with van der Waals surface area (Å²) >= 11 is 0. The Morgan fingerprint density at radius 3 is 2.67 bits per heavy atom. The number of para-hydroxylation sites is 1. The molecule has 0 bridgehead atoms. The molecule has 2 heterocycles. The second-order valence-electron chi connectivity index (χ2n) is 4.85. The summed E-state index contributed by atoms with van der Waals surface area (Å²) in [6.45, 7) is 4.48. The lowest BCUT2D eigenvalue weighted by molar-refractivity contribution is 0.426. The first-order valence-corrected chi connectivity index (χ1v) is 6.77. The van der Waals surface area contributed by atoms with Crippen molar-refractivity contribution in [2.45, 2.75) is 20.4 Å². The van der Waals surface area contributed by atoms with Crippen LogP contribution in [0.4, 0.5) is 5.69 Å². The molecule has 0 aliphatic heterocycles. The first-order chi connectivity index (χ1) is 10.2. The first kappa shape index (κ1) is 13.3. The van der Waals surface area contributed by atoms with Crippen LogP contribution in [0, 0.1) is 13.8 Å². The van der Waals surface area contributed by atoms with Crippen LogP contribution >= 0.6 is 0 Å². The zero-order valence-corrected chi connectivity index (χ0v) is 12.0. The summed E-state index contributed by atoms with van der Waals surface area (Å²) in [7, 11) is 0. The fraction of sp³-hybridized carbons (Fsp3) is 0.188. The molecule has 0 fully saturated rings. The van der Waals surface area contributed by atoms with Gasteiger partial charge in [0.2, 0.25) is 0 Å². The van der Waals surface area contributed by atoms with Crippen molar-refractivity contribution in [3.63, 3.8) is 0 Å². The van der Waals surface area contributed by atoms with Crippen LogP contribution in [0.3, 0.4) is 0 Å². The van der Waals surface area contributed by atoms with E-state index in [4.69, 9.17) is 4.52 Å². The van der Waals surface area contributed by atoms with Crippen LogP contribution in [-0.4, -0.2) is 15.1 Å². The number of hydrogen-bond donors (Lipinski definition) is 1. The lowest BCUT2D eigenvalue weighted by Crippen LogP contribution is -2.01. The van der Waals surface area contributed by atoms with Gasteiger partial charge in [0.05, 0.1) is 5.56 Å². The molecule has 0 saturated heterocycles. The van der Waals surface area contributed by atoms with E-state index in [1.54, 1.807) is 6.92 Å². The van der Waals surface area contributed by atoms with Gasteiger partial charge in [0.15, 0.2) is 5.82 Å². The van der Waals surface area contributed by atoms with E-state index in [1.165, 1.54) is 0 Å². The van der Waals surface area contributed by atoms with Gasteiger partial charge in [-0.05, 0) is 37.6 Å². The number of rotatable bonds is 4. The predicted molar refractivity (Wildman–Crippen MR) is 80.8 cm³/mol. The van der Waals surface area contributed by atoms with Crippen molar-refractivity contribution in [2.24, 2.45) is 0 Å². The van der Waals surface area contributed by atoms with Crippen LogP contribution in [0.5, 0.6) is 0 Å². The molecule has 0 amide bonds. The van der Waals surface area contributed by atoms with Gasteiger partial charge < -0.3 is 9.84 Å². The second-order valence-corrected chi connectivity index (χ2v) is 4.85. The molecule has 3 aromatic rings. The number of anilines is 1. The fourth-order valence-corrected chi connectivity index (χ4v) is 2.03. The van der Waals surface area contributed by atoms with Crippen LogP contribution in [-0.2, 0) is 6.54 Å². The number of aryl methyl sites for hydroxylation is 2. The average Bonchev–Trinajstić information content (AvgIpc) is 2.93. The molecule has 0 aliphatic rings. The third-order valence-electron chi connectivity index (χ3n) is 3.14. The molecule has 21 heavy (non-hydrogen) atoms. The van der Waals surface area contributed by atoms with Gasteiger partial charge in [-0.3, -0.25) is 4.98 Å². The molecular weight excluding hydrogens is 264 g/mol. The minimum absolute atomic E-state index is 0.526. The van der Waals surface area contributed by atoms with E-state index in [-0.39, 0.29) is 0 Å². The van der Waals surface area contributed by atoms with Gasteiger partial charge in [0.1, 0.15) is 0 Å². The van der Waals surface area contributed by atoms with Crippen LogP contribution in [0.1, 0.15) is 17.1 Å². The Hall–Kier alpha value is -2.69. The molecule has 0 spiro atoms. The maximum atomic E-state index is 5.25.